The van der Waals surface area contributed by atoms with Gasteiger partial charge in [-0.3, -0.25) is 5.10 Å². The van der Waals surface area contributed by atoms with Crippen LogP contribution in [0.3, 0.4) is 0 Å². The molecule has 1 aliphatic rings. The van der Waals surface area contributed by atoms with Crippen molar-refractivity contribution >= 4 is 21.1 Å². The Kier molecular flexibility index (Phi) is 3.95. The summed E-state index contributed by atoms with van der Waals surface area (Å²) < 4.78 is 26.1. The summed E-state index contributed by atoms with van der Waals surface area (Å²) in [5.74, 6) is 0.394. The normalized spacial score (nSPS) is 20.9. The number of sulfonamides is 1. The SMILES string of the molecule is CCCS(=O)(=O)N1CCCC(c2ccc3cn[nH]c3n2)C1. The number of H-pyrrole nitrogens is 1. The highest BCUT2D eigenvalue weighted by Gasteiger charge is 2.29. The van der Waals surface area contributed by atoms with Gasteiger partial charge in [-0.1, -0.05) is 6.92 Å². The zero-order chi connectivity index (χ0) is 14.9. The number of piperidine rings is 1. The second-order valence-electron chi connectivity index (χ2n) is 5.56. The van der Waals surface area contributed by atoms with Gasteiger partial charge in [0.05, 0.1) is 11.9 Å². The van der Waals surface area contributed by atoms with E-state index in [1.165, 1.54) is 0 Å². The van der Waals surface area contributed by atoms with E-state index in [1.54, 1.807) is 10.5 Å². The van der Waals surface area contributed by atoms with Crippen LogP contribution in [-0.2, 0) is 10.0 Å². The first kappa shape index (κ1) is 14.5. The van der Waals surface area contributed by atoms with Gasteiger partial charge in [0.15, 0.2) is 5.65 Å². The molecule has 2 aromatic heterocycles. The van der Waals surface area contributed by atoms with Gasteiger partial charge >= 0.3 is 0 Å². The van der Waals surface area contributed by atoms with E-state index in [-0.39, 0.29) is 11.7 Å². The third kappa shape index (κ3) is 2.94. The molecule has 1 fully saturated rings. The molecule has 1 atom stereocenters. The molecule has 0 aliphatic carbocycles. The number of nitrogens with zero attached hydrogens (tertiary/aromatic N) is 3. The maximum Gasteiger partial charge on any atom is 0.214 e. The summed E-state index contributed by atoms with van der Waals surface area (Å²) in [5.41, 5.74) is 1.71. The van der Waals surface area contributed by atoms with Crippen molar-refractivity contribution in [3.05, 3.63) is 24.0 Å². The minimum absolute atomic E-state index is 0.165. The van der Waals surface area contributed by atoms with Crippen molar-refractivity contribution in [1.82, 2.24) is 19.5 Å². The molecule has 3 rings (SSSR count). The molecule has 21 heavy (non-hydrogen) atoms. The van der Waals surface area contributed by atoms with Crippen molar-refractivity contribution in [2.75, 3.05) is 18.8 Å². The van der Waals surface area contributed by atoms with E-state index in [0.717, 1.165) is 29.6 Å². The number of hydrogen-bond acceptors (Lipinski definition) is 4. The molecule has 0 saturated carbocycles. The molecule has 1 N–H and O–H groups in total. The number of hydrogen-bond donors (Lipinski definition) is 1. The lowest BCUT2D eigenvalue weighted by molar-refractivity contribution is 0.313. The second-order valence-corrected chi connectivity index (χ2v) is 7.65. The van der Waals surface area contributed by atoms with Crippen molar-refractivity contribution < 1.29 is 8.42 Å². The van der Waals surface area contributed by atoms with Crippen LogP contribution in [0.15, 0.2) is 18.3 Å². The molecule has 3 heterocycles. The average Bonchev–Trinajstić information content (AvgIpc) is 2.94. The smallest absolute Gasteiger partial charge is 0.214 e. The van der Waals surface area contributed by atoms with Crippen LogP contribution in [-0.4, -0.2) is 46.7 Å². The Bertz CT molecular complexity index is 725. The number of fused-ring (bicyclic) bond motifs is 1. The molecular weight excluding hydrogens is 288 g/mol. The molecule has 0 aromatic carbocycles. The highest BCUT2D eigenvalue weighted by Crippen LogP contribution is 2.28. The maximum atomic E-state index is 12.2. The highest BCUT2D eigenvalue weighted by molar-refractivity contribution is 7.89. The van der Waals surface area contributed by atoms with Gasteiger partial charge in [-0.25, -0.2) is 17.7 Å². The molecule has 0 spiro atoms. The van der Waals surface area contributed by atoms with Gasteiger partial charge in [-0.15, -0.1) is 0 Å². The van der Waals surface area contributed by atoms with Crippen LogP contribution in [0.1, 0.15) is 37.8 Å². The molecule has 1 aliphatic heterocycles. The summed E-state index contributed by atoms with van der Waals surface area (Å²) in [7, 11) is -3.12. The number of pyridine rings is 1. The summed E-state index contributed by atoms with van der Waals surface area (Å²) in [6, 6.07) is 3.97. The van der Waals surface area contributed by atoms with Gasteiger partial charge < -0.3 is 0 Å². The molecule has 114 valence electrons. The first-order valence-electron chi connectivity index (χ1n) is 7.38. The third-order valence-electron chi connectivity index (χ3n) is 3.98. The summed E-state index contributed by atoms with van der Waals surface area (Å²) in [4.78, 5) is 4.58. The molecule has 7 heteroatoms. The van der Waals surface area contributed by atoms with E-state index >= 15 is 0 Å². The monoisotopic (exact) mass is 308 g/mol. The lowest BCUT2D eigenvalue weighted by atomic mass is 9.95. The first-order chi connectivity index (χ1) is 10.1. The zero-order valence-electron chi connectivity index (χ0n) is 12.1. The van der Waals surface area contributed by atoms with Crippen LogP contribution in [0.25, 0.3) is 11.0 Å². The zero-order valence-corrected chi connectivity index (χ0v) is 12.9. The molecule has 1 unspecified atom stereocenters. The fourth-order valence-corrected chi connectivity index (χ4v) is 4.48. The molecule has 0 bridgehead atoms. The minimum Gasteiger partial charge on any atom is -0.261 e. The number of nitrogens with one attached hydrogen (secondary N) is 1. The van der Waals surface area contributed by atoms with Crippen LogP contribution >= 0.6 is 0 Å². The lowest BCUT2D eigenvalue weighted by Crippen LogP contribution is -2.40. The van der Waals surface area contributed by atoms with Crippen LogP contribution < -0.4 is 0 Å². The van der Waals surface area contributed by atoms with Crippen molar-refractivity contribution in [3.63, 3.8) is 0 Å². The Morgan fingerprint density at radius 2 is 2.29 bits per heavy atom. The summed E-state index contributed by atoms with van der Waals surface area (Å²) in [6.07, 6.45) is 4.26. The largest absolute Gasteiger partial charge is 0.261 e. The summed E-state index contributed by atoms with van der Waals surface area (Å²) in [5, 5.41) is 7.82. The van der Waals surface area contributed by atoms with Gasteiger partial charge in [0.25, 0.3) is 0 Å². The maximum absolute atomic E-state index is 12.2. The van der Waals surface area contributed by atoms with Crippen molar-refractivity contribution in [2.45, 2.75) is 32.1 Å². The van der Waals surface area contributed by atoms with Crippen LogP contribution in [0, 0.1) is 0 Å². The van der Waals surface area contributed by atoms with E-state index in [0.29, 0.717) is 19.5 Å². The topological polar surface area (TPSA) is 79.0 Å². The Morgan fingerprint density at radius 3 is 3.10 bits per heavy atom. The second kappa shape index (κ2) is 5.73. The number of aromatic nitrogens is 3. The van der Waals surface area contributed by atoms with Crippen LogP contribution in [0.2, 0.25) is 0 Å². The van der Waals surface area contributed by atoms with E-state index in [9.17, 15) is 8.42 Å². The highest BCUT2D eigenvalue weighted by atomic mass is 32.2. The van der Waals surface area contributed by atoms with Gasteiger partial charge in [0, 0.05) is 30.1 Å². The van der Waals surface area contributed by atoms with Gasteiger partial charge in [0.2, 0.25) is 10.0 Å². The Morgan fingerprint density at radius 1 is 1.43 bits per heavy atom. The fraction of sp³-hybridized carbons (Fsp3) is 0.571. The Hall–Kier alpha value is -1.47. The van der Waals surface area contributed by atoms with Gasteiger partial charge in [-0.05, 0) is 31.4 Å². The van der Waals surface area contributed by atoms with Crippen molar-refractivity contribution in [2.24, 2.45) is 0 Å². The molecule has 2 aromatic rings. The molecule has 0 radical (unpaired) electrons. The van der Waals surface area contributed by atoms with E-state index in [4.69, 9.17) is 0 Å². The molecule has 0 amide bonds. The third-order valence-corrected chi connectivity index (χ3v) is 6.02. The van der Waals surface area contributed by atoms with Crippen LogP contribution in [0.5, 0.6) is 0 Å². The summed E-state index contributed by atoms with van der Waals surface area (Å²) in [6.45, 7) is 3.06. The molecule has 6 nitrogen and oxygen atoms in total. The standard InChI is InChI=1S/C14H20N4O2S/c1-2-8-21(19,20)18-7-3-4-12(10-18)13-6-5-11-9-15-17-14(11)16-13/h5-6,9,12H,2-4,7-8,10H2,1H3,(H,15,16,17). The first-order valence-corrected chi connectivity index (χ1v) is 8.99. The molecule has 1 saturated heterocycles. The number of rotatable bonds is 4. The number of aromatic amines is 1. The van der Waals surface area contributed by atoms with Gasteiger partial charge in [0.1, 0.15) is 0 Å². The quantitative estimate of drug-likeness (QED) is 0.935. The predicted molar refractivity (Wildman–Crippen MR) is 81.5 cm³/mol. The Balaban J connectivity index is 1.82. The Labute approximate surface area is 124 Å². The van der Waals surface area contributed by atoms with Crippen molar-refractivity contribution in [3.8, 4) is 0 Å². The average molecular weight is 308 g/mol. The van der Waals surface area contributed by atoms with Crippen LogP contribution in [0.4, 0.5) is 0 Å². The minimum atomic E-state index is -3.12. The molecular formula is C14H20N4O2S. The van der Waals surface area contributed by atoms with Gasteiger partial charge in [-0.2, -0.15) is 5.10 Å². The van der Waals surface area contributed by atoms with E-state index in [1.807, 2.05) is 19.1 Å². The summed E-state index contributed by atoms with van der Waals surface area (Å²) >= 11 is 0. The van der Waals surface area contributed by atoms with Crippen molar-refractivity contribution in [1.29, 1.82) is 0 Å². The lowest BCUT2D eigenvalue weighted by Gasteiger charge is -2.31. The predicted octanol–water partition coefficient (Wildman–Crippen LogP) is 1.88. The van der Waals surface area contributed by atoms with E-state index in [2.05, 4.69) is 15.2 Å². The van der Waals surface area contributed by atoms with E-state index < -0.39 is 10.0 Å². The fourth-order valence-electron chi connectivity index (χ4n) is 2.89.